The summed E-state index contributed by atoms with van der Waals surface area (Å²) in [6, 6.07) is 0. The Morgan fingerprint density at radius 1 is 1.50 bits per heavy atom. The second-order valence-electron chi connectivity index (χ2n) is 2.90. The van der Waals surface area contributed by atoms with Crippen LogP contribution < -0.4 is 0 Å². The third-order valence-corrected chi connectivity index (χ3v) is 2.01. The van der Waals surface area contributed by atoms with Crippen molar-refractivity contribution in [2.24, 2.45) is 5.92 Å². The molecule has 0 saturated heterocycles. The van der Waals surface area contributed by atoms with Crippen LogP contribution in [0, 0.1) is 5.92 Å². The van der Waals surface area contributed by atoms with Crippen LogP contribution in [0.1, 0.15) is 33.1 Å². The van der Waals surface area contributed by atoms with E-state index in [1.165, 1.54) is 19.3 Å². The van der Waals surface area contributed by atoms with Gasteiger partial charge in [-0.15, -0.1) is 0 Å². The first-order valence-electron chi connectivity index (χ1n) is 4.20. The first-order chi connectivity index (χ1) is 4.88. The second-order valence-corrected chi connectivity index (χ2v) is 2.90. The van der Waals surface area contributed by atoms with Crippen LogP contribution in [-0.2, 0) is 0 Å². The third-order valence-electron chi connectivity index (χ3n) is 2.01. The predicted molar refractivity (Wildman–Crippen MR) is 45.9 cm³/mol. The average Bonchev–Trinajstić information content (AvgIpc) is 2.73. The van der Waals surface area contributed by atoms with Gasteiger partial charge in [-0.3, -0.25) is 0 Å². The van der Waals surface area contributed by atoms with Crippen LogP contribution >= 0.6 is 0 Å². The molecule has 0 aromatic rings. The predicted octanol–water partition coefficient (Wildman–Crippen LogP) is 3.31. The summed E-state index contributed by atoms with van der Waals surface area (Å²) in [5.41, 5.74) is 1.64. The van der Waals surface area contributed by atoms with Gasteiger partial charge >= 0.3 is 0 Å². The minimum absolute atomic E-state index is 0.946. The van der Waals surface area contributed by atoms with E-state index in [4.69, 9.17) is 0 Å². The lowest BCUT2D eigenvalue weighted by molar-refractivity contribution is 0.912. The minimum atomic E-state index is 0.946. The first kappa shape index (κ1) is 7.59. The fourth-order valence-corrected chi connectivity index (χ4v) is 1.22. The Bertz CT molecular complexity index is 147. The van der Waals surface area contributed by atoms with Crippen LogP contribution in [0.25, 0.3) is 0 Å². The minimum Gasteiger partial charge on any atom is -0.0877 e. The quantitative estimate of drug-likeness (QED) is 0.522. The van der Waals surface area contributed by atoms with Gasteiger partial charge in [0.1, 0.15) is 0 Å². The maximum atomic E-state index is 2.28. The summed E-state index contributed by atoms with van der Waals surface area (Å²) in [5.74, 6) is 0.946. The molecule has 0 aliphatic heterocycles. The van der Waals surface area contributed by atoms with Gasteiger partial charge in [-0.1, -0.05) is 30.7 Å². The largest absolute Gasteiger partial charge is 0.0877 e. The summed E-state index contributed by atoms with van der Waals surface area (Å²) >= 11 is 0. The number of hydrogen-bond donors (Lipinski definition) is 0. The topological polar surface area (TPSA) is 0 Å². The zero-order valence-electron chi connectivity index (χ0n) is 6.93. The SMILES string of the molecule is CC=CC=C(CC)C1CC1. The van der Waals surface area contributed by atoms with E-state index < -0.39 is 0 Å². The fraction of sp³-hybridized carbons (Fsp3) is 0.600. The monoisotopic (exact) mass is 136 g/mol. The Morgan fingerprint density at radius 3 is 2.60 bits per heavy atom. The van der Waals surface area contributed by atoms with Gasteiger partial charge in [0.15, 0.2) is 0 Å². The molecule has 0 amide bonds. The molecule has 1 fully saturated rings. The second kappa shape index (κ2) is 3.60. The first-order valence-corrected chi connectivity index (χ1v) is 4.20. The molecule has 0 heterocycles. The number of rotatable bonds is 3. The lowest BCUT2D eigenvalue weighted by Gasteiger charge is -1.97. The van der Waals surface area contributed by atoms with Crippen LogP contribution in [-0.4, -0.2) is 0 Å². The molecule has 0 unspecified atom stereocenters. The van der Waals surface area contributed by atoms with Gasteiger partial charge in [-0.05, 0) is 32.1 Å². The molecule has 0 bridgehead atoms. The molecule has 10 heavy (non-hydrogen) atoms. The maximum absolute atomic E-state index is 2.28. The van der Waals surface area contributed by atoms with Crippen LogP contribution in [0.3, 0.4) is 0 Å². The summed E-state index contributed by atoms with van der Waals surface area (Å²) < 4.78 is 0. The molecule has 0 radical (unpaired) electrons. The van der Waals surface area contributed by atoms with Crippen molar-refractivity contribution in [2.45, 2.75) is 33.1 Å². The van der Waals surface area contributed by atoms with E-state index in [1.54, 1.807) is 5.57 Å². The standard InChI is InChI=1S/C10H16/c1-3-5-6-9(4-2)10-7-8-10/h3,5-6,10H,4,7-8H2,1-2H3. The van der Waals surface area contributed by atoms with E-state index in [9.17, 15) is 0 Å². The van der Waals surface area contributed by atoms with E-state index in [0.29, 0.717) is 0 Å². The summed E-state index contributed by atoms with van der Waals surface area (Å²) in [4.78, 5) is 0. The van der Waals surface area contributed by atoms with E-state index in [2.05, 4.69) is 32.1 Å². The molecule has 0 aromatic carbocycles. The van der Waals surface area contributed by atoms with Gasteiger partial charge in [-0.25, -0.2) is 0 Å². The van der Waals surface area contributed by atoms with Crippen molar-refractivity contribution in [1.29, 1.82) is 0 Å². The zero-order valence-corrected chi connectivity index (χ0v) is 6.93. The van der Waals surface area contributed by atoms with Crippen LogP contribution in [0.2, 0.25) is 0 Å². The zero-order chi connectivity index (χ0) is 7.40. The van der Waals surface area contributed by atoms with Crippen molar-refractivity contribution < 1.29 is 0 Å². The average molecular weight is 136 g/mol. The van der Waals surface area contributed by atoms with Crippen LogP contribution in [0.15, 0.2) is 23.8 Å². The molecule has 1 saturated carbocycles. The molecule has 56 valence electrons. The molecule has 1 rings (SSSR count). The van der Waals surface area contributed by atoms with Crippen LogP contribution in [0.4, 0.5) is 0 Å². The lowest BCUT2D eigenvalue weighted by atomic mass is 10.1. The molecule has 0 spiro atoms. The Kier molecular flexibility index (Phi) is 2.73. The smallest absolute Gasteiger partial charge is 0.0200 e. The Hall–Kier alpha value is -0.520. The van der Waals surface area contributed by atoms with E-state index in [-0.39, 0.29) is 0 Å². The molecular formula is C10H16. The Balaban J connectivity index is 2.45. The van der Waals surface area contributed by atoms with Crippen molar-refractivity contribution >= 4 is 0 Å². The molecule has 0 heteroatoms. The highest BCUT2D eigenvalue weighted by Crippen LogP contribution is 2.37. The van der Waals surface area contributed by atoms with Crippen molar-refractivity contribution in [2.75, 3.05) is 0 Å². The van der Waals surface area contributed by atoms with Gasteiger partial charge < -0.3 is 0 Å². The van der Waals surface area contributed by atoms with Crippen molar-refractivity contribution in [3.63, 3.8) is 0 Å². The summed E-state index contributed by atoms with van der Waals surface area (Å²) in [6.07, 6.45) is 10.6. The van der Waals surface area contributed by atoms with Gasteiger partial charge in [0.2, 0.25) is 0 Å². The highest BCUT2D eigenvalue weighted by Gasteiger charge is 2.23. The van der Waals surface area contributed by atoms with Crippen LogP contribution in [0.5, 0.6) is 0 Å². The number of hydrogen-bond acceptors (Lipinski definition) is 0. The molecule has 1 aliphatic carbocycles. The number of allylic oxidation sites excluding steroid dienone is 4. The molecule has 0 aromatic heterocycles. The van der Waals surface area contributed by atoms with E-state index in [1.807, 2.05) is 0 Å². The normalized spacial score (nSPS) is 20.4. The molecule has 0 N–H and O–H groups in total. The molecule has 0 nitrogen and oxygen atoms in total. The molecule has 0 atom stereocenters. The van der Waals surface area contributed by atoms with Crippen molar-refractivity contribution in [3.05, 3.63) is 23.8 Å². The highest BCUT2D eigenvalue weighted by atomic mass is 14.3. The van der Waals surface area contributed by atoms with Crippen molar-refractivity contribution in [1.82, 2.24) is 0 Å². The van der Waals surface area contributed by atoms with E-state index in [0.717, 1.165) is 5.92 Å². The van der Waals surface area contributed by atoms with Gasteiger partial charge in [-0.2, -0.15) is 0 Å². The maximum Gasteiger partial charge on any atom is -0.0200 e. The Morgan fingerprint density at radius 2 is 2.20 bits per heavy atom. The van der Waals surface area contributed by atoms with Gasteiger partial charge in [0.25, 0.3) is 0 Å². The van der Waals surface area contributed by atoms with E-state index >= 15 is 0 Å². The summed E-state index contributed by atoms with van der Waals surface area (Å²) in [5, 5.41) is 0. The van der Waals surface area contributed by atoms with Gasteiger partial charge in [0, 0.05) is 0 Å². The highest BCUT2D eigenvalue weighted by molar-refractivity contribution is 5.18. The van der Waals surface area contributed by atoms with Crippen molar-refractivity contribution in [3.8, 4) is 0 Å². The molecular weight excluding hydrogens is 120 g/mol. The summed E-state index contributed by atoms with van der Waals surface area (Å²) in [6.45, 7) is 4.31. The third kappa shape index (κ3) is 2.02. The lowest BCUT2D eigenvalue weighted by Crippen LogP contribution is -1.80. The summed E-state index contributed by atoms with van der Waals surface area (Å²) in [7, 11) is 0. The Labute approximate surface area is 63.6 Å². The fourth-order valence-electron chi connectivity index (χ4n) is 1.22. The molecule has 1 aliphatic rings. The van der Waals surface area contributed by atoms with Gasteiger partial charge in [0.05, 0.1) is 0 Å².